The number of nitrogens with zero attached hydrogens (tertiary/aromatic N) is 1. The molecule has 0 spiro atoms. The van der Waals surface area contributed by atoms with E-state index < -0.39 is 0 Å². The van der Waals surface area contributed by atoms with Crippen molar-refractivity contribution >= 4 is 17.4 Å². The first-order valence-electron chi connectivity index (χ1n) is 9.30. The van der Waals surface area contributed by atoms with Crippen molar-refractivity contribution in [2.24, 2.45) is 4.99 Å². The minimum Gasteiger partial charge on any atom is -0.364 e. The molecule has 3 heteroatoms. The first-order valence-corrected chi connectivity index (χ1v) is 9.68. The number of aliphatic imine (C=N–C) groups is 1. The maximum atomic E-state index is 6.06. The second kappa shape index (κ2) is 7.21. The summed E-state index contributed by atoms with van der Waals surface area (Å²) in [5.41, 5.74) is 3.30. The van der Waals surface area contributed by atoms with Crippen molar-refractivity contribution in [1.29, 1.82) is 0 Å². The Balaban J connectivity index is 1.76. The van der Waals surface area contributed by atoms with E-state index in [1.54, 1.807) is 0 Å². The highest BCUT2D eigenvalue weighted by Gasteiger charge is 2.43. The highest BCUT2D eigenvalue weighted by Crippen LogP contribution is 2.43. The van der Waals surface area contributed by atoms with Gasteiger partial charge in [0.25, 0.3) is 0 Å². The van der Waals surface area contributed by atoms with Crippen LogP contribution >= 0.6 is 11.6 Å². The Morgan fingerprint density at radius 1 is 0.889 bits per heavy atom. The number of hydrogen-bond donors (Lipinski definition) is 1. The van der Waals surface area contributed by atoms with Gasteiger partial charge in [-0.3, -0.25) is 4.99 Å². The van der Waals surface area contributed by atoms with Gasteiger partial charge in [0, 0.05) is 10.9 Å². The second-order valence-electron chi connectivity index (χ2n) is 7.27. The van der Waals surface area contributed by atoms with Gasteiger partial charge in [-0.2, -0.15) is 0 Å². The van der Waals surface area contributed by atoms with Crippen LogP contribution in [0.15, 0.2) is 89.9 Å². The summed E-state index contributed by atoms with van der Waals surface area (Å²) in [4.78, 5) is 5.22. The van der Waals surface area contributed by atoms with Gasteiger partial charge in [-0.05, 0) is 35.7 Å². The zero-order valence-corrected chi connectivity index (χ0v) is 16.3. The van der Waals surface area contributed by atoms with Crippen molar-refractivity contribution in [1.82, 2.24) is 5.32 Å². The summed E-state index contributed by atoms with van der Waals surface area (Å²) >= 11 is 6.06. The Labute approximate surface area is 165 Å². The Morgan fingerprint density at radius 3 is 2.11 bits per heavy atom. The molecule has 4 rings (SSSR count). The quantitative estimate of drug-likeness (QED) is 0.586. The van der Waals surface area contributed by atoms with Crippen LogP contribution in [0.3, 0.4) is 0 Å². The fourth-order valence-corrected chi connectivity index (χ4v) is 3.95. The number of hydrogen-bond acceptors (Lipinski definition) is 2. The van der Waals surface area contributed by atoms with Gasteiger partial charge in [0.1, 0.15) is 11.4 Å². The number of halogens is 1. The molecule has 0 saturated heterocycles. The molecule has 0 fully saturated rings. The zero-order chi connectivity index (χ0) is 18.9. The predicted molar refractivity (Wildman–Crippen MR) is 113 cm³/mol. The lowest BCUT2D eigenvalue weighted by atomic mass is 9.82. The van der Waals surface area contributed by atoms with E-state index in [9.17, 15) is 0 Å². The standard InChI is InChI=1S/C24H23ClN2/c1-17(18-13-15-21(25)16-14-18)23-26-22(19-9-5-3-6-10-19)24(2,27-23)20-11-7-4-8-12-20/h3-17,22H,1-2H3,(H,26,27)/t17?,22-,24+/m1/s1. The van der Waals surface area contributed by atoms with Gasteiger partial charge in [-0.25, -0.2) is 0 Å². The average Bonchev–Trinajstić information content (AvgIpc) is 3.08. The maximum Gasteiger partial charge on any atom is 0.109 e. The minimum absolute atomic E-state index is 0.0888. The van der Waals surface area contributed by atoms with Gasteiger partial charge < -0.3 is 5.32 Å². The number of nitrogens with one attached hydrogen (secondary N) is 1. The molecule has 27 heavy (non-hydrogen) atoms. The van der Waals surface area contributed by atoms with E-state index in [1.807, 2.05) is 18.2 Å². The molecule has 0 saturated carbocycles. The van der Waals surface area contributed by atoms with Gasteiger partial charge in [-0.1, -0.05) is 91.3 Å². The summed E-state index contributed by atoms with van der Waals surface area (Å²) in [6.07, 6.45) is 0. The van der Waals surface area contributed by atoms with E-state index in [1.165, 1.54) is 16.7 Å². The van der Waals surface area contributed by atoms with E-state index in [0.717, 1.165) is 10.9 Å². The average molecular weight is 375 g/mol. The molecule has 1 aliphatic heterocycles. The van der Waals surface area contributed by atoms with E-state index in [0.29, 0.717) is 0 Å². The highest BCUT2D eigenvalue weighted by molar-refractivity contribution is 6.30. The molecule has 1 aliphatic rings. The summed E-state index contributed by atoms with van der Waals surface area (Å²) < 4.78 is 0. The normalized spacial score (nSPS) is 22.8. The van der Waals surface area contributed by atoms with Crippen LogP contribution in [0.5, 0.6) is 0 Å². The van der Waals surface area contributed by atoms with Crippen LogP contribution in [0.1, 0.15) is 42.5 Å². The zero-order valence-electron chi connectivity index (χ0n) is 15.6. The SMILES string of the molecule is CC(C1=N[C@@](C)(c2ccccc2)[C@@H](c2ccccc2)N1)c1ccc(Cl)cc1. The monoisotopic (exact) mass is 374 g/mol. The van der Waals surface area contributed by atoms with Crippen molar-refractivity contribution in [2.75, 3.05) is 0 Å². The molecule has 136 valence electrons. The number of benzene rings is 3. The summed E-state index contributed by atoms with van der Waals surface area (Å²) in [7, 11) is 0. The second-order valence-corrected chi connectivity index (χ2v) is 7.71. The van der Waals surface area contributed by atoms with Gasteiger partial charge >= 0.3 is 0 Å². The van der Waals surface area contributed by atoms with Crippen LogP contribution in [0.25, 0.3) is 0 Å². The Kier molecular flexibility index (Phi) is 4.75. The van der Waals surface area contributed by atoms with Crippen LogP contribution in [0.2, 0.25) is 5.02 Å². The van der Waals surface area contributed by atoms with Gasteiger partial charge in [-0.15, -0.1) is 0 Å². The first-order chi connectivity index (χ1) is 13.1. The van der Waals surface area contributed by atoms with Crippen LogP contribution < -0.4 is 5.32 Å². The van der Waals surface area contributed by atoms with E-state index in [2.05, 4.69) is 85.9 Å². The molecule has 1 unspecified atom stereocenters. The Bertz CT molecular complexity index is 935. The van der Waals surface area contributed by atoms with Gasteiger partial charge in [0.05, 0.1) is 6.04 Å². The third-order valence-electron chi connectivity index (χ3n) is 5.48. The maximum absolute atomic E-state index is 6.06. The molecule has 0 radical (unpaired) electrons. The summed E-state index contributed by atoms with van der Waals surface area (Å²) in [5.74, 6) is 1.18. The van der Waals surface area contributed by atoms with E-state index >= 15 is 0 Å². The molecule has 0 aromatic heterocycles. The van der Waals surface area contributed by atoms with Crippen molar-refractivity contribution in [3.05, 3.63) is 107 Å². The van der Waals surface area contributed by atoms with Crippen molar-refractivity contribution in [3.63, 3.8) is 0 Å². The molecule has 3 aromatic rings. The molecule has 1 N–H and O–H groups in total. The molecular weight excluding hydrogens is 352 g/mol. The lowest BCUT2D eigenvalue weighted by Crippen LogP contribution is -2.33. The van der Waals surface area contributed by atoms with Crippen LogP contribution in [0.4, 0.5) is 0 Å². The Hall–Kier alpha value is -2.58. The molecule has 0 amide bonds. The van der Waals surface area contributed by atoms with Crippen molar-refractivity contribution in [2.45, 2.75) is 31.3 Å². The molecule has 0 bridgehead atoms. The number of rotatable bonds is 4. The van der Waals surface area contributed by atoms with Crippen molar-refractivity contribution in [3.8, 4) is 0 Å². The van der Waals surface area contributed by atoms with Gasteiger partial charge in [0.15, 0.2) is 0 Å². The smallest absolute Gasteiger partial charge is 0.109 e. The topological polar surface area (TPSA) is 24.4 Å². The molecule has 3 atom stereocenters. The fraction of sp³-hybridized carbons (Fsp3) is 0.208. The third-order valence-corrected chi connectivity index (χ3v) is 5.73. The molecular formula is C24H23ClN2. The van der Waals surface area contributed by atoms with Crippen LogP contribution in [0, 0.1) is 0 Å². The lowest BCUT2D eigenvalue weighted by molar-refractivity contribution is 0.405. The Morgan fingerprint density at radius 2 is 1.48 bits per heavy atom. The van der Waals surface area contributed by atoms with Gasteiger partial charge in [0.2, 0.25) is 0 Å². The lowest BCUT2D eigenvalue weighted by Gasteiger charge is -2.30. The molecule has 2 nitrogen and oxygen atoms in total. The third kappa shape index (κ3) is 3.38. The molecule has 3 aromatic carbocycles. The summed E-state index contributed by atoms with van der Waals surface area (Å²) in [6.45, 7) is 4.41. The largest absolute Gasteiger partial charge is 0.364 e. The van der Waals surface area contributed by atoms with Crippen LogP contribution in [-0.4, -0.2) is 5.84 Å². The van der Waals surface area contributed by atoms with Crippen LogP contribution in [-0.2, 0) is 5.54 Å². The van der Waals surface area contributed by atoms with E-state index in [-0.39, 0.29) is 17.5 Å². The number of amidine groups is 1. The predicted octanol–water partition coefficient (Wildman–Crippen LogP) is 6.10. The van der Waals surface area contributed by atoms with E-state index in [4.69, 9.17) is 16.6 Å². The fourth-order valence-electron chi connectivity index (χ4n) is 3.83. The minimum atomic E-state index is -0.362. The highest BCUT2D eigenvalue weighted by atomic mass is 35.5. The first kappa shape index (κ1) is 17.8. The van der Waals surface area contributed by atoms with Crippen molar-refractivity contribution < 1.29 is 0 Å². The molecule has 0 aliphatic carbocycles. The molecule has 1 heterocycles. The summed E-state index contributed by atoms with van der Waals surface area (Å²) in [5, 5.41) is 4.48. The summed E-state index contributed by atoms with van der Waals surface area (Å²) in [6, 6.07) is 29.2.